The predicted molar refractivity (Wildman–Crippen MR) is 122 cm³/mol. The van der Waals surface area contributed by atoms with E-state index in [1.807, 2.05) is 31.2 Å². The minimum atomic E-state index is -0.843. The van der Waals surface area contributed by atoms with Gasteiger partial charge < -0.3 is 4.74 Å². The summed E-state index contributed by atoms with van der Waals surface area (Å²) in [5, 5.41) is 16.3. The van der Waals surface area contributed by atoms with E-state index < -0.39 is 16.8 Å². The Hall–Kier alpha value is -4.18. The molecule has 1 heterocycles. The van der Waals surface area contributed by atoms with Gasteiger partial charge in [0.15, 0.2) is 11.5 Å². The maximum Gasteiger partial charge on any atom is 0.355 e. The molecule has 10 heteroatoms. The zero-order valence-corrected chi connectivity index (χ0v) is 18.3. The SMILES string of the molecule is Cc1ccc(COC(=O)C(CC(=O)c2cccs2)=NNC(=O)c2ccc([N+](=O)[O-])cc2)cc1. The van der Waals surface area contributed by atoms with Crippen LogP contribution in [-0.4, -0.2) is 28.3 Å². The molecule has 0 radical (unpaired) electrons. The van der Waals surface area contributed by atoms with E-state index in [-0.39, 0.29) is 35.8 Å². The Morgan fingerprint density at radius 2 is 1.76 bits per heavy atom. The Morgan fingerprint density at radius 1 is 1.06 bits per heavy atom. The molecule has 9 nitrogen and oxygen atoms in total. The van der Waals surface area contributed by atoms with Gasteiger partial charge in [-0.1, -0.05) is 35.9 Å². The molecule has 2 aromatic carbocycles. The van der Waals surface area contributed by atoms with Crippen LogP contribution in [0.5, 0.6) is 0 Å². The molecule has 3 rings (SSSR count). The molecule has 0 atom stereocenters. The predicted octanol–water partition coefficient (Wildman–Crippen LogP) is 4.07. The summed E-state index contributed by atoms with van der Waals surface area (Å²) in [6.07, 6.45) is -0.367. The van der Waals surface area contributed by atoms with Crippen LogP contribution in [-0.2, 0) is 16.1 Å². The van der Waals surface area contributed by atoms with Crippen LogP contribution in [0.4, 0.5) is 5.69 Å². The second kappa shape index (κ2) is 10.9. The number of hydrogen-bond donors (Lipinski definition) is 1. The van der Waals surface area contributed by atoms with Crippen molar-refractivity contribution in [2.24, 2.45) is 5.10 Å². The summed E-state index contributed by atoms with van der Waals surface area (Å²) in [5.74, 6) is -1.89. The summed E-state index contributed by atoms with van der Waals surface area (Å²) in [7, 11) is 0. The van der Waals surface area contributed by atoms with Gasteiger partial charge in [-0.3, -0.25) is 19.7 Å². The normalized spacial score (nSPS) is 11.0. The van der Waals surface area contributed by atoms with Crippen molar-refractivity contribution in [2.75, 3.05) is 0 Å². The van der Waals surface area contributed by atoms with Crippen molar-refractivity contribution in [3.05, 3.63) is 97.7 Å². The largest absolute Gasteiger partial charge is 0.456 e. The second-order valence-corrected chi connectivity index (χ2v) is 7.89. The van der Waals surface area contributed by atoms with E-state index in [1.165, 1.54) is 35.6 Å². The molecule has 1 N–H and O–H groups in total. The number of ketones is 1. The van der Waals surface area contributed by atoms with Crippen molar-refractivity contribution in [3.63, 3.8) is 0 Å². The highest BCUT2D eigenvalue weighted by Crippen LogP contribution is 2.14. The molecule has 0 saturated heterocycles. The van der Waals surface area contributed by atoms with Gasteiger partial charge in [-0.15, -0.1) is 11.3 Å². The third-order valence-electron chi connectivity index (χ3n) is 4.48. The zero-order chi connectivity index (χ0) is 23.8. The standard InChI is InChI=1S/C23H19N3O6S/c1-15-4-6-16(7-5-15)14-32-23(29)19(13-20(27)21-3-2-12-33-21)24-25-22(28)17-8-10-18(11-9-17)26(30)31/h2-12H,13-14H2,1H3,(H,25,28). The van der Waals surface area contributed by atoms with Crippen molar-refractivity contribution >= 4 is 40.4 Å². The van der Waals surface area contributed by atoms with Crippen LogP contribution >= 0.6 is 11.3 Å². The highest BCUT2D eigenvalue weighted by molar-refractivity contribution is 7.12. The minimum Gasteiger partial charge on any atom is -0.456 e. The molecular formula is C23H19N3O6S. The Bertz CT molecular complexity index is 1190. The fourth-order valence-corrected chi connectivity index (χ4v) is 3.33. The average molecular weight is 465 g/mol. The number of non-ortho nitro benzene ring substituents is 1. The van der Waals surface area contributed by atoms with Crippen LogP contribution in [0.3, 0.4) is 0 Å². The Kier molecular flexibility index (Phi) is 7.77. The van der Waals surface area contributed by atoms with Gasteiger partial charge in [0.1, 0.15) is 6.61 Å². The molecule has 0 unspecified atom stereocenters. The van der Waals surface area contributed by atoms with Gasteiger partial charge in [-0.05, 0) is 36.1 Å². The molecule has 0 fully saturated rings. The molecule has 0 aliphatic rings. The van der Waals surface area contributed by atoms with Gasteiger partial charge in [0, 0.05) is 17.7 Å². The maximum atomic E-state index is 12.6. The Labute approximate surface area is 192 Å². The summed E-state index contributed by atoms with van der Waals surface area (Å²) in [4.78, 5) is 48.1. The first kappa shape index (κ1) is 23.5. The number of carbonyl (C=O) groups is 3. The third-order valence-corrected chi connectivity index (χ3v) is 5.39. The Balaban J connectivity index is 1.73. The molecule has 0 saturated carbocycles. The monoisotopic (exact) mass is 465 g/mol. The highest BCUT2D eigenvalue weighted by Gasteiger charge is 2.20. The molecule has 1 amide bonds. The van der Waals surface area contributed by atoms with Gasteiger partial charge in [0.2, 0.25) is 0 Å². The van der Waals surface area contributed by atoms with Gasteiger partial charge in [-0.2, -0.15) is 5.10 Å². The number of hydrazone groups is 1. The number of rotatable bonds is 9. The number of amides is 1. The summed E-state index contributed by atoms with van der Waals surface area (Å²) in [6.45, 7) is 1.91. The lowest BCUT2D eigenvalue weighted by Crippen LogP contribution is -2.26. The molecule has 168 valence electrons. The molecule has 33 heavy (non-hydrogen) atoms. The molecule has 0 spiro atoms. The van der Waals surface area contributed by atoms with Gasteiger partial charge in [0.25, 0.3) is 11.6 Å². The topological polar surface area (TPSA) is 128 Å². The lowest BCUT2D eigenvalue weighted by Gasteiger charge is -2.08. The average Bonchev–Trinajstić information content (AvgIpc) is 3.36. The summed E-state index contributed by atoms with van der Waals surface area (Å²) >= 11 is 1.22. The number of benzene rings is 2. The summed E-state index contributed by atoms with van der Waals surface area (Å²) in [5.41, 5.74) is 3.69. The van der Waals surface area contributed by atoms with Crippen LogP contribution in [0.25, 0.3) is 0 Å². The highest BCUT2D eigenvalue weighted by atomic mass is 32.1. The lowest BCUT2D eigenvalue weighted by molar-refractivity contribution is -0.384. The molecule has 1 aromatic heterocycles. The van der Waals surface area contributed by atoms with Crippen molar-refractivity contribution in [3.8, 4) is 0 Å². The van der Waals surface area contributed by atoms with E-state index in [9.17, 15) is 24.5 Å². The first-order valence-corrected chi connectivity index (χ1v) is 10.6. The van der Waals surface area contributed by atoms with Crippen molar-refractivity contribution in [2.45, 2.75) is 20.0 Å². The van der Waals surface area contributed by atoms with E-state index in [2.05, 4.69) is 10.5 Å². The molecule has 0 aliphatic heterocycles. The van der Waals surface area contributed by atoms with Gasteiger partial charge >= 0.3 is 5.97 Å². The van der Waals surface area contributed by atoms with Gasteiger partial charge in [0.05, 0.1) is 16.2 Å². The Morgan fingerprint density at radius 3 is 2.36 bits per heavy atom. The number of nitrogens with one attached hydrogen (secondary N) is 1. The number of esters is 1. The summed E-state index contributed by atoms with van der Waals surface area (Å²) < 4.78 is 5.28. The lowest BCUT2D eigenvalue weighted by atomic mass is 10.1. The molecular weight excluding hydrogens is 446 g/mol. The number of Topliss-reactive ketones (excluding diaryl/α,β-unsaturated/α-hetero) is 1. The number of hydrogen-bond acceptors (Lipinski definition) is 8. The van der Waals surface area contributed by atoms with E-state index in [0.717, 1.165) is 11.1 Å². The molecule has 3 aromatic rings. The van der Waals surface area contributed by atoms with Crippen LogP contribution in [0.2, 0.25) is 0 Å². The van der Waals surface area contributed by atoms with Gasteiger partial charge in [-0.25, -0.2) is 10.2 Å². The minimum absolute atomic E-state index is 0.0262. The van der Waals surface area contributed by atoms with Crippen LogP contribution in [0.15, 0.2) is 71.1 Å². The first-order valence-electron chi connectivity index (χ1n) is 9.74. The number of aryl methyl sites for hydroxylation is 1. The molecule has 0 aliphatic carbocycles. The number of nitro groups is 1. The maximum absolute atomic E-state index is 12.6. The zero-order valence-electron chi connectivity index (χ0n) is 17.5. The first-order chi connectivity index (χ1) is 15.8. The van der Waals surface area contributed by atoms with Crippen LogP contribution in [0.1, 0.15) is 37.6 Å². The second-order valence-electron chi connectivity index (χ2n) is 6.94. The van der Waals surface area contributed by atoms with E-state index in [1.54, 1.807) is 17.5 Å². The number of nitrogens with zero attached hydrogens (tertiary/aromatic N) is 2. The number of carbonyl (C=O) groups excluding carboxylic acids is 3. The number of ether oxygens (including phenoxy) is 1. The van der Waals surface area contributed by atoms with E-state index >= 15 is 0 Å². The molecule has 0 bridgehead atoms. The van der Waals surface area contributed by atoms with Crippen LogP contribution < -0.4 is 5.43 Å². The number of thiophene rings is 1. The van der Waals surface area contributed by atoms with Crippen molar-refractivity contribution in [1.82, 2.24) is 5.43 Å². The summed E-state index contributed by atoms with van der Waals surface area (Å²) in [6, 6.07) is 15.6. The third kappa shape index (κ3) is 6.65. The van der Waals surface area contributed by atoms with Crippen molar-refractivity contribution < 1.29 is 24.0 Å². The van der Waals surface area contributed by atoms with Crippen molar-refractivity contribution in [1.29, 1.82) is 0 Å². The van der Waals surface area contributed by atoms with E-state index in [0.29, 0.717) is 4.88 Å². The fraction of sp³-hybridized carbons (Fsp3) is 0.130. The quantitative estimate of drug-likeness (QED) is 0.167. The smallest absolute Gasteiger partial charge is 0.355 e. The van der Waals surface area contributed by atoms with E-state index in [4.69, 9.17) is 4.74 Å². The number of nitro benzene ring substituents is 1. The fourth-order valence-electron chi connectivity index (χ4n) is 2.67. The van der Waals surface area contributed by atoms with Crippen LogP contribution in [0, 0.1) is 17.0 Å².